The highest BCUT2D eigenvalue weighted by Crippen LogP contribution is 2.38. The Morgan fingerprint density at radius 3 is 2.28 bits per heavy atom. The second kappa shape index (κ2) is 9.07. The molecule has 25 heavy (non-hydrogen) atoms. The highest BCUT2D eigenvalue weighted by atomic mass is 32.1. The molecule has 0 unspecified atom stereocenters. The number of nitrogens with one attached hydrogen (secondary N) is 2. The highest BCUT2D eigenvalue weighted by Gasteiger charge is 2.15. The van der Waals surface area contributed by atoms with Gasteiger partial charge in [0.15, 0.2) is 23.2 Å². The van der Waals surface area contributed by atoms with Gasteiger partial charge < -0.3 is 25.3 Å². The van der Waals surface area contributed by atoms with Crippen molar-refractivity contribution in [3.8, 4) is 17.2 Å². The lowest BCUT2D eigenvalue weighted by Gasteiger charge is -2.21. The van der Waals surface area contributed by atoms with E-state index in [1.54, 1.807) is 18.3 Å². The van der Waals surface area contributed by atoms with Crippen LogP contribution in [-0.4, -0.2) is 43.6 Å². The summed E-state index contributed by atoms with van der Waals surface area (Å²) in [6, 6.07) is 3.37. The van der Waals surface area contributed by atoms with Crippen LogP contribution in [0.4, 0.5) is 0 Å². The van der Waals surface area contributed by atoms with Gasteiger partial charge in [-0.2, -0.15) is 5.10 Å². The first kappa shape index (κ1) is 20.5. The Balaban J connectivity index is 2.92. The van der Waals surface area contributed by atoms with E-state index in [-0.39, 0.29) is 12.1 Å². The molecular weight excluding hydrogens is 344 g/mol. The van der Waals surface area contributed by atoms with Crippen LogP contribution in [0.5, 0.6) is 17.2 Å². The summed E-state index contributed by atoms with van der Waals surface area (Å²) in [4.78, 5) is 10.9. The minimum atomic E-state index is -0.598. The molecular formula is C16H24N4O4S. The third-order valence-electron chi connectivity index (χ3n) is 2.71. The minimum absolute atomic E-state index is 0.161. The van der Waals surface area contributed by atoms with E-state index in [0.717, 1.165) is 0 Å². The predicted molar refractivity (Wildman–Crippen MR) is 100 cm³/mol. The number of primary amides is 1. The lowest BCUT2D eigenvalue weighted by molar-refractivity contribution is -0.119. The Labute approximate surface area is 152 Å². The van der Waals surface area contributed by atoms with Crippen LogP contribution in [0.1, 0.15) is 26.3 Å². The smallest absolute Gasteiger partial charge is 0.255 e. The summed E-state index contributed by atoms with van der Waals surface area (Å²) in [6.45, 7) is 5.69. The van der Waals surface area contributed by atoms with Crippen molar-refractivity contribution in [2.45, 2.75) is 26.3 Å². The van der Waals surface area contributed by atoms with Crippen LogP contribution < -0.4 is 30.7 Å². The third kappa shape index (κ3) is 7.25. The van der Waals surface area contributed by atoms with Crippen molar-refractivity contribution in [2.24, 2.45) is 10.8 Å². The highest BCUT2D eigenvalue weighted by molar-refractivity contribution is 7.80. The second-order valence-electron chi connectivity index (χ2n) is 6.08. The Kier molecular flexibility index (Phi) is 7.43. The molecule has 0 saturated carbocycles. The number of nitrogens with two attached hydrogens (primary N) is 1. The lowest BCUT2D eigenvalue weighted by atomic mass is 10.1. The van der Waals surface area contributed by atoms with Gasteiger partial charge in [0.1, 0.15) is 0 Å². The topological polar surface area (TPSA) is 107 Å². The van der Waals surface area contributed by atoms with Crippen LogP contribution >= 0.6 is 12.2 Å². The molecule has 8 nitrogen and oxygen atoms in total. The number of nitrogens with zero attached hydrogens (tertiary/aromatic N) is 1. The van der Waals surface area contributed by atoms with E-state index < -0.39 is 5.91 Å². The van der Waals surface area contributed by atoms with Crippen LogP contribution in [-0.2, 0) is 4.79 Å². The molecule has 0 atom stereocenters. The van der Waals surface area contributed by atoms with E-state index in [1.165, 1.54) is 14.2 Å². The van der Waals surface area contributed by atoms with Crippen LogP contribution in [0.15, 0.2) is 17.2 Å². The Bertz CT molecular complexity index is 631. The first-order valence-electron chi connectivity index (χ1n) is 7.44. The van der Waals surface area contributed by atoms with Crippen molar-refractivity contribution in [1.82, 2.24) is 10.7 Å². The molecule has 0 saturated heterocycles. The van der Waals surface area contributed by atoms with Gasteiger partial charge in [0.25, 0.3) is 5.91 Å². The fourth-order valence-electron chi connectivity index (χ4n) is 1.79. The second-order valence-corrected chi connectivity index (χ2v) is 6.49. The van der Waals surface area contributed by atoms with Gasteiger partial charge in [0, 0.05) is 11.1 Å². The quantitative estimate of drug-likeness (QED) is 0.377. The summed E-state index contributed by atoms with van der Waals surface area (Å²) in [7, 11) is 2.96. The summed E-state index contributed by atoms with van der Waals surface area (Å²) < 4.78 is 15.9. The van der Waals surface area contributed by atoms with Gasteiger partial charge in [-0.3, -0.25) is 10.2 Å². The minimum Gasteiger partial charge on any atom is -0.493 e. The fraction of sp³-hybridized carbons (Fsp3) is 0.438. The van der Waals surface area contributed by atoms with Crippen molar-refractivity contribution >= 4 is 29.5 Å². The molecule has 0 aliphatic rings. The van der Waals surface area contributed by atoms with E-state index in [9.17, 15) is 4.79 Å². The molecule has 0 bridgehead atoms. The number of hydrogen-bond acceptors (Lipinski definition) is 6. The predicted octanol–water partition coefficient (Wildman–Crippen LogP) is 1.16. The molecule has 1 amide bonds. The molecule has 0 fully saturated rings. The molecule has 9 heteroatoms. The maximum atomic E-state index is 10.9. The van der Waals surface area contributed by atoms with Crippen LogP contribution in [0.25, 0.3) is 0 Å². The molecule has 4 N–H and O–H groups in total. The lowest BCUT2D eigenvalue weighted by Crippen LogP contribution is -2.44. The number of thiocarbonyl (C=S) groups is 1. The number of carbonyl (C=O) groups is 1. The van der Waals surface area contributed by atoms with E-state index in [0.29, 0.717) is 27.9 Å². The first-order valence-corrected chi connectivity index (χ1v) is 7.85. The first-order chi connectivity index (χ1) is 11.7. The SMILES string of the molecule is COc1cc(/C=N\NC(=S)NC(C)(C)C)cc(OC)c1OCC(N)=O. The molecule has 0 radical (unpaired) electrons. The number of hydrazone groups is 1. The Morgan fingerprint density at radius 1 is 1.28 bits per heavy atom. The van der Waals surface area contributed by atoms with Crippen LogP contribution in [0, 0.1) is 0 Å². The van der Waals surface area contributed by atoms with Crippen molar-refractivity contribution in [3.63, 3.8) is 0 Å². The number of rotatable bonds is 7. The maximum absolute atomic E-state index is 10.9. The maximum Gasteiger partial charge on any atom is 0.255 e. The van der Waals surface area contributed by atoms with Crippen molar-refractivity contribution in [1.29, 1.82) is 0 Å². The Morgan fingerprint density at radius 2 is 1.84 bits per heavy atom. The monoisotopic (exact) mass is 368 g/mol. The van der Waals surface area contributed by atoms with E-state index >= 15 is 0 Å². The number of methoxy groups -OCH3 is 2. The van der Waals surface area contributed by atoms with Crippen molar-refractivity contribution in [3.05, 3.63) is 17.7 Å². The zero-order valence-corrected chi connectivity index (χ0v) is 15.8. The zero-order chi connectivity index (χ0) is 19.0. The standard InChI is InChI=1S/C16H24N4O4S/c1-16(2,3)19-15(25)20-18-8-10-6-11(22-4)14(12(7-10)23-5)24-9-13(17)21/h6-8H,9H2,1-5H3,(H2,17,21)(H2,19,20,25)/b18-8-. The van der Waals surface area contributed by atoms with E-state index in [4.69, 9.17) is 32.2 Å². The summed E-state index contributed by atoms with van der Waals surface area (Å²) in [6.07, 6.45) is 1.56. The number of benzene rings is 1. The van der Waals surface area contributed by atoms with Gasteiger partial charge >= 0.3 is 0 Å². The van der Waals surface area contributed by atoms with Gasteiger partial charge in [-0.15, -0.1) is 0 Å². The number of amides is 1. The summed E-state index contributed by atoms with van der Waals surface area (Å²) >= 11 is 5.15. The molecule has 0 spiro atoms. The third-order valence-corrected chi connectivity index (χ3v) is 2.90. The largest absolute Gasteiger partial charge is 0.493 e. The molecule has 1 aromatic rings. The summed E-state index contributed by atoms with van der Waals surface area (Å²) in [5.41, 5.74) is 8.36. The molecule has 0 aliphatic carbocycles. The van der Waals surface area contributed by atoms with Crippen LogP contribution in [0.3, 0.4) is 0 Å². The van der Waals surface area contributed by atoms with Gasteiger partial charge in [-0.25, -0.2) is 0 Å². The average molecular weight is 368 g/mol. The van der Waals surface area contributed by atoms with E-state index in [2.05, 4.69) is 15.8 Å². The van der Waals surface area contributed by atoms with Gasteiger partial charge in [-0.05, 0) is 45.1 Å². The number of carbonyl (C=O) groups excluding carboxylic acids is 1. The molecule has 0 aromatic heterocycles. The fourth-order valence-corrected chi connectivity index (χ4v) is 2.15. The normalized spacial score (nSPS) is 11.1. The summed E-state index contributed by atoms with van der Waals surface area (Å²) in [5.74, 6) is 0.465. The summed E-state index contributed by atoms with van der Waals surface area (Å²) in [5, 5.41) is 7.56. The molecule has 138 valence electrons. The molecule has 0 heterocycles. The average Bonchev–Trinajstić information content (AvgIpc) is 2.50. The van der Waals surface area contributed by atoms with Gasteiger partial charge in [0.2, 0.25) is 5.75 Å². The molecule has 1 aromatic carbocycles. The Hall–Kier alpha value is -2.55. The number of hydrogen-bond donors (Lipinski definition) is 3. The van der Waals surface area contributed by atoms with Crippen LogP contribution in [0.2, 0.25) is 0 Å². The molecule has 1 rings (SSSR count). The van der Waals surface area contributed by atoms with Gasteiger partial charge in [-0.1, -0.05) is 0 Å². The zero-order valence-electron chi connectivity index (χ0n) is 15.0. The van der Waals surface area contributed by atoms with Crippen molar-refractivity contribution in [2.75, 3.05) is 20.8 Å². The molecule has 0 aliphatic heterocycles. The van der Waals surface area contributed by atoms with Crippen molar-refractivity contribution < 1.29 is 19.0 Å². The van der Waals surface area contributed by atoms with Gasteiger partial charge in [0.05, 0.1) is 20.4 Å². The van der Waals surface area contributed by atoms with E-state index in [1.807, 2.05) is 20.8 Å². The number of ether oxygens (including phenoxy) is 3.